The molecule has 0 bridgehead atoms. The van der Waals surface area contributed by atoms with E-state index in [9.17, 15) is 14.7 Å². The molecule has 0 fully saturated rings. The number of benzene rings is 1. The normalized spacial score (nSPS) is 14.2. The maximum Gasteiger partial charge on any atom is 0.253 e. The number of carbonyl (C=O) groups is 2. The summed E-state index contributed by atoms with van der Waals surface area (Å²) in [4.78, 5) is 28.1. The number of aliphatic hydroxyl groups excluding tert-OH is 1. The molecule has 0 atom stereocenters. The van der Waals surface area contributed by atoms with Crippen LogP contribution in [-0.4, -0.2) is 21.7 Å². The lowest BCUT2D eigenvalue weighted by molar-refractivity contribution is -0.111. The van der Waals surface area contributed by atoms with Gasteiger partial charge in [-0.2, -0.15) is 0 Å². The molecule has 1 aliphatic carbocycles. The van der Waals surface area contributed by atoms with E-state index in [-0.39, 0.29) is 17.0 Å². The van der Waals surface area contributed by atoms with Crippen molar-refractivity contribution in [3.05, 3.63) is 65.5 Å². The number of nitrogens with zero attached hydrogens (tertiary/aromatic N) is 1. The van der Waals surface area contributed by atoms with Crippen LogP contribution in [0.5, 0.6) is 0 Å². The van der Waals surface area contributed by atoms with Crippen LogP contribution in [0.1, 0.15) is 15.9 Å². The predicted octanol–water partition coefficient (Wildman–Crippen LogP) is 2.19. The Bertz CT molecular complexity index is 736. The number of aliphatic hydroxyl groups is 1. The molecule has 98 valence electrons. The van der Waals surface area contributed by atoms with Crippen molar-refractivity contribution in [2.45, 2.75) is 0 Å². The third kappa shape index (κ3) is 1.85. The number of Topliss-reactive ketones (excluding diaryl/α,β-unsaturated/α-hetero) is 2. The first-order valence-corrected chi connectivity index (χ1v) is 5.98. The molecule has 5 heteroatoms. The van der Waals surface area contributed by atoms with E-state index in [0.29, 0.717) is 11.4 Å². The second-order valence-electron chi connectivity index (χ2n) is 4.27. The molecule has 0 unspecified atom stereocenters. The minimum absolute atomic E-state index is 0.146. The number of aromatic nitrogens is 1. The molecule has 2 N–H and O–H groups in total. The number of hydrogen-bond donors (Lipinski definition) is 2. The van der Waals surface area contributed by atoms with Crippen molar-refractivity contribution in [2.75, 3.05) is 5.32 Å². The van der Waals surface area contributed by atoms with Crippen molar-refractivity contribution in [3.8, 4) is 0 Å². The highest BCUT2D eigenvalue weighted by molar-refractivity contribution is 6.52. The Morgan fingerprint density at radius 1 is 0.900 bits per heavy atom. The van der Waals surface area contributed by atoms with Crippen LogP contribution >= 0.6 is 0 Å². The molecule has 1 aromatic heterocycles. The van der Waals surface area contributed by atoms with Crippen molar-refractivity contribution in [3.63, 3.8) is 0 Å². The lowest BCUT2D eigenvalue weighted by Gasteiger charge is -2.18. The van der Waals surface area contributed by atoms with Crippen LogP contribution in [-0.2, 0) is 4.79 Å². The van der Waals surface area contributed by atoms with Crippen LogP contribution < -0.4 is 5.32 Å². The average molecular weight is 266 g/mol. The Hall–Kier alpha value is -2.95. The lowest BCUT2D eigenvalue weighted by atomic mass is 9.91. The van der Waals surface area contributed by atoms with Gasteiger partial charge in [0.2, 0.25) is 5.78 Å². The fraction of sp³-hybridized carbons (Fsp3) is 0. The molecule has 1 aliphatic rings. The van der Waals surface area contributed by atoms with Crippen LogP contribution in [0.15, 0.2) is 54.4 Å². The molecule has 1 aromatic carbocycles. The molecule has 3 rings (SSSR count). The third-order valence-electron chi connectivity index (χ3n) is 3.01. The highest BCUT2D eigenvalue weighted by atomic mass is 16.3. The van der Waals surface area contributed by atoms with Crippen molar-refractivity contribution < 1.29 is 14.7 Å². The number of nitrogens with one attached hydrogen (secondary N) is 1. The third-order valence-corrected chi connectivity index (χ3v) is 3.01. The molecule has 20 heavy (non-hydrogen) atoms. The van der Waals surface area contributed by atoms with Crippen molar-refractivity contribution >= 4 is 23.1 Å². The fourth-order valence-corrected chi connectivity index (χ4v) is 2.05. The van der Waals surface area contributed by atoms with Gasteiger partial charge in [-0.15, -0.1) is 0 Å². The maximum atomic E-state index is 12.0. The number of anilines is 1. The van der Waals surface area contributed by atoms with Crippen molar-refractivity contribution in [2.24, 2.45) is 0 Å². The van der Waals surface area contributed by atoms with E-state index >= 15 is 0 Å². The van der Waals surface area contributed by atoms with Crippen LogP contribution in [0, 0.1) is 0 Å². The number of ketones is 2. The van der Waals surface area contributed by atoms with E-state index in [1.54, 1.807) is 42.6 Å². The molecule has 0 spiro atoms. The van der Waals surface area contributed by atoms with Gasteiger partial charge in [0.05, 0.1) is 0 Å². The van der Waals surface area contributed by atoms with Gasteiger partial charge in [-0.3, -0.25) is 9.59 Å². The summed E-state index contributed by atoms with van der Waals surface area (Å²) in [5, 5.41) is 12.9. The Kier molecular flexibility index (Phi) is 2.80. The van der Waals surface area contributed by atoms with Gasteiger partial charge in [-0.25, -0.2) is 4.98 Å². The molecule has 0 radical (unpaired) electrons. The zero-order chi connectivity index (χ0) is 14.1. The SMILES string of the molecule is O=C1C(=O)c2ccccc2C(O)=C1Nc1ccccn1. The van der Waals surface area contributed by atoms with E-state index in [0.717, 1.165) is 0 Å². The lowest BCUT2D eigenvalue weighted by Crippen LogP contribution is -2.28. The van der Waals surface area contributed by atoms with Gasteiger partial charge in [-0.1, -0.05) is 30.3 Å². The predicted molar refractivity (Wildman–Crippen MR) is 73.2 cm³/mol. The second kappa shape index (κ2) is 4.62. The summed E-state index contributed by atoms with van der Waals surface area (Å²) < 4.78 is 0. The Morgan fingerprint density at radius 3 is 2.30 bits per heavy atom. The second-order valence-corrected chi connectivity index (χ2v) is 4.27. The van der Waals surface area contributed by atoms with E-state index < -0.39 is 11.6 Å². The molecule has 1 heterocycles. The average Bonchev–Trinajstić information content (AvgIpc) is 2.50. The number of carbonyl (C=O) groups excluding carboxylic acids is 2. The van der Waals surface area contributed by atoms with Gasteiger partial charge in [0.1, 0.15) is 11.5 Å². The number of hydrogen-bond acceptors (Lipinski definition) is 5. The first-order valence-electron chi connectivity index (χ1n) is 5.98. The Morgan fingerprint density at radius 2 is 1.60 bits per heavy atom. The summed E-state index contributed by atoms with van der Waals surface area (Å²) in [6.07, 6.45) is 1.54. The molecule has 0 amide bonds. The zero-order valence-electron chi connectivity index (χ0n) is 10.3. The monoisotopic (exact) mass is 266 g/mol. The van der Waals surface area contributed by atoms with E-state index in [4.69, 9.17) is 0 Å². The van der Waals surface area contributed by atoms with Gasteiger partial charge in [0, 0.05) is 17.3 Å². The molecule has 0 aliphatic heterocycles. The van der Waals surface area contributed by atoms with Crippen molar-refractivity contribution in [1.29, 1.82) is 0 Å². The molecule has 2 aromatic rings. The zero-order valence-corrected chi connectivity index (χ0v) is 10.3. The van der Waals surface area contributed by atoms with Crippen LogP contribution in [0.2, 0.25) is 0 Å². The summed E-state index contributed by atoms with van der Waals surface area (Å²) in [5.74, 6) is -1.27. The molecule has 0 saturated heterocycles. The first kappa shape index (κ1) is 12.1. The summed E-state index contributed by atoms with van der Waals surface area (Å²) in [5.41, 5.74) is 0.407. The van der Waals surface area contributed by atoms with Gasteiger partial charge in [0.25, 0.3) is 5.78 Å². The summed E-state index contributed by atoms with van der Waals surface area (Å²) in [7, 11) is 0. The summed E-state index contributed by atoms with van der Waals surface area (Å²) in [6, 6.07) is 11.5. The quantitative estimate of drug-likeness (QED) is 0.814. The number of allylic oxidation sites excluding steroid dienone is 1. The van der Waals surface area contributed by atoms with Crippen LogP contribution in [0.3, 0.4) is 0 Å². The highest BCUT2D eigenvalue weighted by Crippen LogP contribution is 2.27. The largest absolute Gasteiger partial charge is 0.505 e. The Balaban J connectivity index is 2.10. The van der Waals surface area contributed by atoms with E-state index in [1.165, 1.54) is 6.07 Å². The summed E-state index contributed by atoms with van der Waals surface area (Å²) >= 11 is 0. The molecule has 5 nitrogen and oxygen atoms in total. The number of fused-ring (bicyclic) bond motifs is 1. The van der Waals surface area contributed by atoms with Crippen molar-refractivity contribution in [1.82, 2.24) is 4.98 Å². The Labute approximate surface area is 114 Å². The van der Waals surface area contributed by atoms with Gasteiger partial charge in [0.15, 0.2) is 5.76 Å². The minimum atomic E-state index is -0.771. The van der Waals surface area contributed by atoms with Crippen LogP contribution in [0.4, 0.5) is 5.82 Å². The maximum absolute atomic E-state index is 12.0. The molecule has 0 saturated carbocycles. The summed E-state index contributed by atoms with van der Waals surface area (Å²) in [6.45, 7) is 0. The van der Waals surface area contributed by atoms with E-state index in [1.807, 2.05) is 0 Å². The van der Waals surface area contributed by atoms with Gasteiger partial charge in [-0.05, 0) is 12.1 Å². The highest BCUT2D eigenvalue weighted by Gasteiger charge is 2.32. The van der Waals surface area contributed by atoms with Crippen LogP contribution in [0.25, 0.3) is 5.76 Å². The first-order chi connectivity index (χ1) is 9.68. The fourth-order valence-electron chi connectivity index (χ4n) is 2.05. The van der Waals surface area contributed by atoms with Gasteiger partial charge < -0.3 is 10.4 Å². The van der Waals surface area contributed by atoms with E-state index in [2.05, 4.69) is 10.3 Å². The number of rotatable bonds is 2. The molecular weight excluding hydrogens is 256 g/mol. The van der Waals surface area contributed by atoms with Gasteiger partial charge >= 0.3 is 0 Å². The smallest absolute Gasteiger partial charge is 0.253 e. The molecular formula is C15H10N2O3. The minimum Gasteiger partial charge on any atom is -0.505 e. The topological polar surface area (TPSA) is 79.3 Å². The number of pyridine rings is 1. The standard InChI is InChI=1S/C15H10N2O3/c18-13-9-5-1-2-6-10(9)14(19)15(20)12(13)17-11-7-3-4-8-16-11/h1-8,18H,(H,16,17).